The number of anilines is 3. The minimum atomic E-state index is -0.0494. The smallest absolute Gasteiger partial charge is 0.308 e. The monoisotopic (exact) mass is 640 g/mol. The normalized spacial score (nSPS) is 27.2. The highest BCUT2D eigenvalue weighted by Crippen LogP contribution is 2.64. The summed E-state index contributed by atoms with van der Waals surface area (Å²) in [6.45, 7) is 6.00. The average Bonchev–Trinajstić information content (AvgIpc) is 3.09. The summed E-state index contributed by atoms with van der Waals surface area (Å²) >= 11 is 0. The van der Waals surface area contributed by atoms with Gasteiger partial charge >= 0.3 is 5.97 Å². The topological polar surface area (TPSA) is 118 Å². The predicted molar refractivity (Wildman–Crippen MR) is 178 cm³/mol. The molecule has 3 aromatic rings. The number of esters is 1. The quantitative estimate of drug-likeness (QED) is 0.284. The molecule has 5 aliphatic rings. The summed E-state index contributed by atoms with van der Waals surface area (Å²) in [5.74, 6) is 2.99. The number of rotatable bonds is 8. The van der Waals surface area contributed by atoms with Crippen LogP contribution in [0.15, 0.2) is 42.7 Å². The number of ether oxygens (including phenoxy) is 3. The molecule has 47 heavy (non-hydrogen) atoms. The summed E-state index contributed by atoms with van der Waals surface area (Å²) in [5, 5.41) is 12.6. The molecule has 2 aliphatic carbocycles. The second-order valence-electron chi connectivity index (χ2n) is 14.0. The van der Waals surface area contributed by atoms with E-state index in [1.807, 2.05) is 36.7 Å². The second-order valence-corrected chi connectivity index (χ2v) is 14.0. The number of aromatic nitrogens is 4. The molecule has 3 aliphatic heterocycles. The second kappa shape index (κ2) is 12.5. The number of piperazine rings is 1. The molecule has 12 heteroatoms. The van der Waals surface area contributed by atoms with Crippen molar-refractivity contribution in [2.45, 2.75) is 56.5 Å². The first kappa shape index (κ1) is 30.3. The highest BCUT2D eigenvalue weighted by atomic mass is 16.7. The van der Waals surface area contributed by atoms with E-state index in [0.717, 1.165) is 112 Å². The number of carbonyl (C=O) groups is 1. The molecule has 0 unspecified atom stereocenters. The van der Waals surface area contributed by atoms with Crippen LogP contribution in [-0.2, 0) is 14.3 Å². The lowest BCUT2D eigenvalue weighted by Gasteiger charge is -2.57. The molecule has 1 aromatic carbocycles. The maximum Gasteiger partial charge on any atom is 0.308 e. The minimum absolute atomic E-state index is 0.0494. The summed E-state index contributed by atoms with van der Waals surface area (Å²) in [6.07, 6.45) is 10.5. The molecule has 0 radical (unpaired) electrons. The summed E-state index contributed by atoms with van der Waals surface area (Å²) in [6, 6.07) is 11.0. The molecule has 0 bridgehead atoms. The third-order valence-electron chi connectivity index (χ3n) is 11.2. The molecule has 4 fully saturated rings. The number of hydrogen-bond donors (Lipinski definition) is 1. The van der Waals surface area contributed by atoms with Gasteiger partial charge in [0.1, 0.15) is 5.75 Å². The van der Waals surface area contributed by atoms with Gasteiger partial charge in [-0.3, -0.25) is 9.69 Å². The van der Waals surface area contributed by atoms with Gasteiger partial charge in [-0.1, -0.05) is 12.1 Å². The van der Waals surface area contributed by atoms with Gasteiger partial charge in [-0.2, -0.15) is 0 Å². The molecule has 1 N–H and O–H groups in total. The molecular weight excluding hydrogens is 596 g/mol. The largest absolute Gasteiger partial charge is 0.469 e. The van der Waals surface area contributed by atoms with Crippen LogP contribution in [0.1, 0.15) is 50.0 Å². The summed E-state index contributed by atoms with van der Waals surface area (Å²) in [4.78, 5) is 28.9. The van der Waals surface area contributed by atoms with Crippen LogP contribution in [0, 0.1) is 11.3 Å². The van der Waals surface area contributed by atoms with Crippen molar-refractivity contribution in [1.82, 2.24) is 25.1 Å². The van der Waals surface area contributed by atoms with Gasteiger partial charge < -0.3 is 29.3 Å². The first-order valence-corrected chi connectivity index (χ1v) is 17.0. The summed E-state index contributed by atoms with van der Waals surface area (Å²) in [7, 11) is 3.11. The van der Waals surface area contributed by atoms with Crippen molar-refractivity contribution in [2.24, 2.45) is 11.3 Å². The maximum absolute atomic E-state index is 11.8. The number of methoxy groups -OCH3 is 2. The van der Waals surface area contributed by atoms with Gasteiger partial charge in [0, 0.05) is 70.4 Å². The van der Waals surface area contributed by atoms with Gasteiger partial charge in [0.05, 0.1) is 30.5 Å². The van der Waals surface area contributed by atoms with E-state index < -0.39 is 0 Å². The number of para-hydroxylation sites is 1. The zero-order chi connectivity index (χ0) is 32.0. The van der Waals surface area contributed by atoms with Crippen LogP contribution in [-0.4, -0.2) is 103 Å². The van der Waals surface area contributed by atoms with Gasteiger partial charge in [0.2, 0.25) is 5.95 Å². The predicted octanol–water partition coefficient (Wildman–Crippen LogP) is 3.95. The van der Waals surface area contributed by atoms with Crippen LogP contribution in [0.3, 0.4) is 0 Å². The summed E-state index contributed by atoms with van der Waals surface area (Å²) < 4.78 is 15.8. The Morgan fingerprint density at radius 2 is 1.77 bits per heavy atom. The number of hydrogen-bond acceptors (Lipinski definition) is 12. The Bertz CT molecular complexity index is 1580. The number of piperidine rings is 1. The van der Waals surface area contributed by atoms with E-state index in [0.29, 0.717) is 23.4 Å². The fourth-order valence-electron chi connectivity index (χ4n) is 8.71. The molecule has 0 amide bonds. The van der Waals surface area contributed by atoms with Crippen molar-refractivity contribution >= 4 is 23.4 Å². The standard InChI is InChI=1S/C35H44N8O4/c1-45-22-47-31-6-4-3-5-28(31)29-13-30-32(40-39-29)36-20-27-21-42(11-12-43(27)30)26-7-9-41(10-8-26)34-37-18-25(19-38-34)23-14-35(15-23)16-24(17-35)33(44)46-2/h3-6,13,18-19,23-24,26-27H,7-12,14-17,20-22H2,1-2H3,(H,36,40)/t23-,24-,27-,35?/m0/s1. The fraction of sp³-hybridized carbons (Fsp3) is 0.571. The van der Waals surface area contributed by atoms with E-state index in [9.17, 15) is 4.79 Å². The lowest BCUT2D eigenvalue weighted by Crippen LogP contribution is -2.61. The van der Waals surface area contributed by atoms with Gasteiger partial charge in [0.25, 0.3) is 0 Å². The van der Waals surface area contributed by atoms with E-state index in [1.165, 1.54) is 12.7 Å². The van der Waals surface area contributed by atoms with Crippen LogP contribution in [0.2, 0.25) is 0 Å². The van der Waals surface area contributed by atoms with Gasteiger partial charge in [-0.05, 0) is 73.6 Å². The molecule has 2 saturated carbocycles. The van der Waals surface area contributed by atoms with Gasteiger partial charge in [-0.25, -0.2) is 9.97 Å². The molecule has 12 nitrogen and oxygen atoms in total. The molecule has 248 valence electrons. The number of nitrogens with one attached hydrogen (secondary N) is 1. The Morgan fingerprint density at radius 3 is 2.53 bits per heavy atom. The zero-order valence-corrected chi connectivity index (χ0v) is 27.3. The van der Waals surface area contributed by atoms with Crippen molar-refractivity contribution in [1.29, 1.82) is 0 Å². The average molecular weight is 641 g/mol. The lowest BCUT2D eigenvalue weighted by atomic mass is 9.47. The van der Waals surface area contributed by atoms with Crippen LogP contribution in [0.4, 0.5) is 17.5 Å². The first-order valence-electron chi connectivity index (χ1n) is 17.0. The van der Waals surface area contributed by atoms with Crippen molar-refractivity contribution in [3.8, 4) is 17.0 Å². The van der Waals surface area contributed by atoms with Crippen molar-refractivity contribution in [3.05, 3.63) is 48.3 Å². The zero-order valence-electron chi connectivity index (χ0n) is 27.3. The van der Waals surface area contributed by atoms with Crippen molar-refractivity contribution in [3.63, 3.8) is 0 Å². The minimum Gasteiger partial charge on any atom is -0.469 e. The third kappa shape index (κ3) is 5.75. The highest BCUT2D eigenvalue weighted by molar-refractivity contribution is 5.77. The number of benzene rings is 1. The Balaban J connectivity index is 0.846. The van der Waals surface area contributed by atoms with E-state index in [-0.39, 0.29) is 18.7 Å². The van der Waals surface area contributed by atoms with E-state index in [4.69, 9.17) is 24.2 Å². The molecule has 8 rings (SSSR count). The highest BCUT2D eigenvalue weighted by Gasteiger charge is 2.55. The number of nitrogens with zero attached hydrogens (tertiary/aromatic N) is 7. The summed E-state index contributed by atoms with van der Waals surface area (Å²) in [5.41, 5.74) is 4.39. The first-order chi connectivity index (χ1) is 23.0. The molecule has 1 atom stereocenters. The van der Waals surface area contributed by atoms with Gasteiger partial charge in [-0.15, -0.1) is 10.2 Å². The van der Waals surface area contributed by atoms with Crippen molar-refractivity contribution in [2.75, 3.05) is 75.4 Å². The van der Waals surface area contributed by atoms with Crippen LogP contribution < -0.4 is 19.9 Å². The Morgan fingerprint density at radius 1 is 0.979 bits per heavy atom. The number of fused-ring (bicyclic) bond motifs is 3. The molecular formula is C35H44N8O4. The SMILES string of the molecule is COCOc1ccccc1-c1cc2c(nn1)NC[C@H]1CN(C3CCN(c4ncc([C@H]5CC6(C[C@H](C(=O)OC)C6)C5)cn4)CC3)CCN21. The van der Waals surface area contributed by atoms with E-state index >= 15 is 0 Å². The maximum atomic E-state index is 11.8. The van der Waals surface area contributed by atoms with Crippen LogP contribution >= 0.6 is 0 Å². The Kier molecular flexibility index (Phi) is 8.08. The third-order valence-corrected chi connectivity index (χ3v) is 11.2. The van der Waals surface area contributed by atoms with E-state index in [2.05, 4.69) is 36.3 Å². The fourth-order valence-corrected chi connectivity index (χ4v) is 8.71. The Labute approximate surface area is 275 Å². The van der Waals surface area contributed by atoms with E-state index in [1.54, 1.807) is 7.11 Å². The Hall–Kier alpha value is -4.03. The van der Waals surface area contributed by atoms with Crippen LogP contribution in [0.25, 0.3) is 11.3 Å². The molecule has 2 aromatic heterocycles. The lowest BCUT2D eigenvalue weighted by molar-refractivity contribution is -0.159. The molecule has 2 saturated heterocycles. The van der Waals surface area contributed by atoms with Crippen LogP contribution in [0.5, 0.6) is 5.75 Å². The number of carbonyl (C=O) groups excluding carboxylic acids is 1. The molecule has 1 spiro atoms. The van der Waals surface area contributed by atoms with Crippen molar-refractivity contribution < 1.29 is 19.0 Å². The van der Waals surface area contributed by atoms with Gasteiger partial charge in [0.15, 0.2) is 12.6 Å². The molecule has 5 heterocycles.